The van der Waals surface area contributed by atoms with E-state index in [0.717, 1.165) is 51.2 Å². The third-order valence-electron chi connectivity index (χ3n) is 4.11. The van der Waals surface area contributed by atoms with Crippen LogP contribution in [-0.4, -0.2) is 28.6 Å². The van der Waals surface area contributed by atoms with Gasteiger partial charge in [0.15, 0.2) is 5.17 Å². The number of fused-ring (bicyclic) bond motifs is 2. The normalized spacial score (nSPS) is 16.0. The van der Waals surface area contributed by atoms with Gasteiger partial charge in [0.25, 0.3) is 0 Å². The summed E-state index contributed by atoms with van der Waals surface area (Å²) in [6, 6.07) is 16.6. The number of hydrogen-bond donors (Lipinski definition) is 2. The lowest BCUT2D eigenvalue weighted by molar-refractivity contribution is 0.753. The minimum Gasteiger partial charge on any atom is -0.362 e. The number of hydrogen-bond acceptors (Lipinski definition) is 4. The highest BCUT2D eigenvalue weighted by Gasteiger charge is 2.10. The van der Waals surface area contributed by atoms with Gasteiger partial charge in [0.05, 0.1) is 11.0 Å². The van der Waals surface area contributed by atoms with Crippen LogP contribution in [0.3, 0.4) is 0 Å². The highest BCUT2D eigenvalue weighted by molar-refractivity contribution is 8.14. The van der Waals surface area contributed by atoms with Crippen LogP contribution in [0.15, 0.2) is 58.7 Å². The monoisotopic (exact) mass is 337 g/mol. The average molecular weight is 337 g/mol. The van der Waals surface area contributed by atoms with Crippen molar-refractivity contribution in [2.75, 3.05) is 18.8 Å². The molecule has 0 bridgehead atoms. The van der Waals surface area contributed by atoms with Gasteiger partial charge < -0.3 is 15.6 Å². The minimum absolute atomic E-state index is 0.595. The van der Waals surface area contributed by atoms with E-state index in [1.807, 2.05) is 24.3 Å². The number of thioether (sulfide) groups is 1. The smallest absolute Gasteiger partial charge is 0.183 e. The number of rotatable bonds is 3. The van der Waals surface area contributed by atoms with Crippen molar-refractivity contribution >= 4 is 38.7 Å². The average Bonchev–Trinajstić information content (AvgIpc) is 3.14. The van der Waals surface area contributed by atoms with Gasteiger partial charge in [-0.3, -0.25) is 0 Å². The Morgan fingerprint density at radius 2 is 1.67 bits per heavy atom. The summed E-state index contributed by atoms with van der Waals surface area (Å²) in [4.78, 5) is 0. The van der Waals surface area contributed by atoms with Gasteiger partial charge in [-0.15, -0.1) is 10.2 Å². The molecule has 24 heavy (non-hydrogen) atoms. The van der Waals surface area contributed by atoms with Crippen molar-refractivity contribution in [2.45, 2.75) is 6.54 Å². The topological polar surface area (TPSA) is 67.7 Å². The van der Waals surface area contributed by atoms with E-state index in [4.69, 9.17) is 5.73 Å². The first-order chi connectivity index (χ1) is 11.9. The summed E-state index contributed by atoms with van der Waals surface area (Å²) in [6.45, 7) is 2.32. The van der Waals surface area contributed by atoms with Gasteiger partial charge in [-0.2, -0.15) is 0 Å². The molecule has 0 saturated carbocycles. The standard InChI is InChI=1S/C18H19N5S/c19-9-11-23-15-7-3-1-5-13(15)17(14-6-2-4-8-16(14)23)21-22-18-20-10-12-24-18/h1-8H,9-12,19H2,(H,20,22). The molecule has 2 heterocycles. The summed E-state index contributed by atoms with van der Waals surface area (Å²) < 4.78 is 2.26. The van der Waals surface area contributed by atoms with Crippen LogP contribution in [-0.2, 0) is 6.54 Å². The quantitative estimate of drug-likeness (QED) is 0.569. The Bertz CT molecular complexity index is 922. The summed E-state index contributed by atoms with van der Waals surface area (Å²) in [5.74, 6) is 1.04. The lowest BCUT2D eigenvalue weighted by Gasteiger charge is -2.15. The third kappa shape index (κ3) is 2.68. The van der Waals surface area contributed by atoms with Crippen molar-refractivity contribution in [3.05, 3.63) is 53.9 Å². The van der Waals surface area contributed by atoms with Gasteiger partial charge in [-0.05, 0) is 12.1 Å². The molecular weight excluding hydrogens is 318 g/mol. The number of amidine groups is 1. The molecule has 1 aliphatic rings. The molecule has 1 aliphatic heterocycles. The maximum absolute atomic E-state index is 5.84. The van der Waals surface area contributed by atoms with Gasteiger partial charge in [0, 0.05) is 36.2 Å². The first-order valence-corrected chi connectivity index (χ1v) is 9.06. The van der Waals surface area contributed by atoms with Crippen LogP contribution in [0.5, 0.6) is 0 Å². The molecular formula is C18H19N5S. The zero-order valence-electron chi connectivity index (χ0n) is 13.3. The van der Waals surface area contributed by atoms with E-state index >= 15 is 0 Å². The number of nitrogens with zero attached hydrogens (tertiary/aromatic N) is 3. The van der Waals surface area contributed by atoms with E-state index in [1.165, 1.54) is 0 Å². The number of nitrogens with one attached hydrogen (secondary N) is 1. The number of aromatic nitrogens is 1. The number of pyridine rings is 1. The van der Waals surface area contributed by atoms with Crippen LogP contribution in [0.4, 0.5) is 0 Å². The molecule has 1 fully saturated rings. The highest BCUT2D eigenvalue weighted by Crippen LogP contribution is 2.19. The van der Waals surface area contributed by atoms with Crippen LogP contribution >= 0.6 is 11.8 Å². The van der Waals surface area contributed by atoms with E-state index in [2.05, 4.69) is 44.4 Å². The lowest BCUT2D eigenvalue weighted by atomic mass is 10.1. The summed E-state index contributed by atoms with van der Waals surface area (Å²) >= 11 is 1.71. The number of para-hydroxylation sites is 2. The first-order valence-electron chi connectivity index (χ1n) is 8.07. The van der Waals surface area contributed by atoms with Crippen molar-refractivity contribution in [2.24, 2.45) is 15.9 Å². The van der Waals surface area contributed by atoms with Gasteiger partial charge >= 0.3 is 0 Å². The van der Waals surface area contributed by atoms with E-state index in [1.54, 1.807) is 11.8 Å². The molecule has 0 spiro atoms. The molecule has 6 heteroatoms. The predicted octanol–water partition coefficient (Wildman–Crippen LogP) is 2.26. The van der Waals surface area contributed by atoms with Crippen LogP contribution < -0.4 is 16.4 Å². The SMILES string of the molecule is NCCn1c2ccccc2c(=NN=C2NCCS2)c2ccccc21. The summed E-state index contributed by atoms with van der Waals surface area (Å²) in [5, 5.41) is 16.3. The van der Waals surface area contributed by atoms with Crippen LogP contribution in [0.2, 0.25) is 0 Å². The van der Waals surface area contributed by atoms with Crippen molar-refractivity contribution in [1.82, 2.24) is 9.88 Å². The molecule has 4 rings (SSSR count). The molecule has 0 amide bonds. The lowest BCUT2D eigenvalue weighted by Crippen LogP contribution is -2.17. The van der Waals surface area contributed by atoms with Crippen molar-refractivity contribution in [3.63, 3.8) is 0 Å². The summed E-state index contributed by atoms with van der Waals surface area (Å²) in [7, 11) is 0. The summed E-state index contributed by atoms with van der Waals surface area (Å²) in [5.41, 5.74) is 8.11. The largest absolute Gasteiger partial charge is 0.362 e. The Labute approximate surface area is 144 Å². The van der Waals surface area contributed by atoms with Crippen LogP contribution in [0.1, 0.15) is 0 Å². The molecule has 0 radical (unpaired) electrons. The second-order valence-corrected chi connectivity index (χ2v) is 6.69. The van der Waals surface area contributed by atoms with E-state index in [-0.39, 0.29) is 0 Å². The van der Waals surface area contributed by atoms with Crippen LogP contribution in [0.25, 0.3) is 21.8 Å². The Kier molecular flexibility index (Phi) is 4.23. The maximum atomic E-state index is 5.84. The Balaban J connectivity index is 2.09. The van der Waals surface area contributed by atoms with Crippen molar-refractivity contribution < 1.29 is 0 Å². The third-order valence-corrected chi connectivity index (χ3v) is 5.02. The van der Waals surface area contributed by atoms with E-state index in [9.17, 15) is 0 Å². The van der Waals surface area contributed by atoms with Crippen molar-refractivity contribution in [1.29, 1.82) is 0 Å². The van der Waals surface area contributed by atoms with E-state index < -0.39 is 0 Å². The maximum Gasteiger partial charge on any atom is 0.183 e. The molecule has 5 nitrogen and oxygen atoms in total. The molecule has 0 atom stereocenters. The highest BCUT2D eigenvalue weighted by atomic mass is 32.2. The van der Waals surface area contributed by atoms with Crippen molar-refractivity contribution in [3.8, 4) is 0 Å². The summed E-state index contributed by atoms with van der Waals surface area (Å²) in [6.07, 6.45) is 0. The molecule has 1 saturated heterocycles. The van der Waals surface area contributed by atoms with Gasteiger partial charge in [-0.1, -0.05) is 48.2 Å². The first kappa shape index (κ1) is 15.2. The second-order valence-electron chi connectivity index (χ2n) is 5.60. The fourth-order valence-electron chi connectivity index (χ4n) is 3.09. The van der Waals surface area contributed by atoms with Gasteiger partial charge in [0.2, 0.25) is 0 Å². The Morgan fingerprint density at radius 1 is 1.00 bits per heavy atom. The Morgan fingerprint density at radius 3 is 2.25 bits per heavy atom. The number of benzene rings is 2. The molecule has 0 unspecified atom stereocenters. The molecule has 3 aromatic rings. The Hall–Kier alpha value is -2.31. The van der Waals surface area contributed by atoms with E-state index in [0.29, 0.717) is 6.54 Å². The molecule has 122 valence electrons. The van der Waals surface area contributed by atoms with Crippen LogP contribution in [0, 0.1) is 0 Å². The molecule has 1 aromatic heterocycles. The number of nitrogens with two attached hydrogens (primary N) is 1. The molecule has 3 N–H and O–H groups in total. The fourth-order valence-corrected chi connectivity index (χ4v) is 3.79. The van der Waals surface area contributed by atoms with Gasteiger partial charge in [-0.25, -0.2) is 0 Å². The second kappa shape index (κ2) is 6.67. The zero-order chi connectivity index (χ0) is 16.4. The predicted molar refractivity (Wildman–Crippen MR) is 102 cm³/mol. The molecule has 0 aliphatic carbocycles. The fraction of sp³-hybridized carbons (Fsp3) is 0.222. The zero-order valence-corrected chi connectivity index (χ0v) is 14.1. The molecule has 2 aromatic carbocycles. The minimum atomic E-state index is 0.595. The van der Waals surface area contributed by atoms with Gasteiger partial charge in [0.1, 0.15) is 5.36 Å².